The first-order valence-corrected chi connectivity index (χ1v) is 9.24. The fourth-order valence-electron chi connectivity index (χ4n) is 3.07. The van der Waals surface area contributed by atoms with Crippen molar-refractivity contribution < 1.29 is 25.2 Å². The highest BCUT2D eigenvalue weighted by atomic mass is 35.5. The predicted octanol–water partition coefficient (Wildman–Crippen LogP) is 1.82. The molecule has 0 bridgehead atoms. The van der Waals surface area contributed by atoms with Gasteiger partial charge >= 0.3 is 0 Å². The zero-order chi connectivity index (χ0) is 18.1. The van der Waals surface area contributed by atoms with Crippen LogP contribution in [0.15, 0.2) is 30.3 Å². The van der Waals surface area contributed by atoms with Crippen LogP contribution in [0, 0.1) is 6.92 Å². The van der Waals surface area contributed by atoms with Crippen molar-refractivity contribution in [1.29, 1.82) is 0 Å². The molecule has 7 heteroatoms. The third kappa shape index (κ3) is 3.90. The van der Waals surface area contributed by atoms with Crippen LogP contribution in [0.3, 0.4) is 0 Å². The van der Waals surface area contributed by atoms with Gasteiger partial charge in [-0.05, 0) is 35.7 Å². The third-order valence-electron chi connectivity index (χ3n) is 4.59. The highest BCUT2D eigenvalue weighted by molar-refractivity contribution is 7.16. The number of halogens is 1. The second-order valence-corrected chi connectivity index (χ2v) is 8.12. The number of aliphatic hydroxyl groups excluding tert-OH is 4. The van der Waals surface area contributed by atoms with E-state index in [4.69, 9.17) is 16.3 Å². The molecule has 2 heterocycles. The lowest BCUT2D eigenvalue weighted by molar-refractivity contribution is -0.231. The Balaban J connectivity index is 1.88. The normalized spacial score (nSPS) is 29.8. The second-order valence-electron chi connectivity index (χ2n) is 6.32. The molecule has 0 amide bonds. The first-order valence-electron chi connectivity index (χ1n) is 8.05. The van der Waals surface area contributed by atoms with E-state index in [-0.39, 0.29) is 0 Å². The fourth-order valence-corrected chi connectivity index (χ4v) is 4.18. The van der Waals surface area contributed by atoms with Gasteiger partial charge in [-0.2, -0.15) is 0 Å². The minimum atomic E-state index is -1.38. The summed E-state index contributed by atoms with van der Waals surface area (Å²) in [6.45, 7) is 1.56. The second kappa shape index (κ2) is 7.72. The predicted molar refractivity (Wildman–Crippen MR) is 96.0 cm³/mol. The maximum atomic E-state index is 10.3. The van der Waals surface area contributed by atoms with Gasteiger partial charge in [-0.1, -0.05) is 29.8 Å². The third-order valence-corrected chi connectivity index (χ3v) is 5.82. The Kier molecular flexibility index (Phi) is 5.80. The molecule has 1 saturated heterocycles. The van der Waals surface area contributed by atoms with Gasteiger partial charge in [0.2, 0.25) is 0 Å². The van der Waals surface area contributed by atoms with E-state index in [1.54, 1.807) is 0 Å². The number of aliphatic hydroxyl groups is 4. The van der Waals surface area contributed by atoms with Crippen LogP contribution >= 0.6 is 22.9 Å². The number of hydrogen-bond acceptors (Lipinski definition) is 6. The summed E-state index contributed by atoms with van der Waals surface area (Å²) in [5.41, 5.74) is 2.85. The molecule has 1 aliphatic heterocycles. The van der Waals surface area contributed by atoms with E-state index in [9.17, 15) is 20.4 Å². The lowest BCUT2D eigenvalue weighted by Gasteiger charge is -2.40. The SMILES string of the molecule is Cc1ccc(C2OC(CO)C(O)C(O)[C@H]2O)cc1Cc1ccc(Cl)s1. The summed E-state index contributed by atoms with van der Waals surface area (Å²) in [6.07, 6.45) is -5.03. The molecule has 0 saturated carbocycles. The van der Waals surface area contributed by atoms with Crippen molar-refractivity contribution in [2.24, 2.45) is 0 Å². The highest BCUT2D eigenvalue weighted by Crippen LogP contribution is 2.34. The monoisotopic (exact) mass is 384 g/mol. The Morgan fingerprint density at radius 1 is 1.08 bits per heavy atom. The number of hydrogen-bond donors (Lipinski definition) is 4. The van der Waals surface area contributed by atoms with E-state index in [0.717, 1.165) is 20.3 Å². The summed E-state index contributed by atoms with van der Waals surface area (Å²) in [7, 11) is 0. The molecule has 2 aromatic rings. The molecule has 0 spiro atoms. The molecule has 5 atom stereocenters. The quantitative estimate of drug-likeness (QED) is 0.645. The molecule has 0 aliphatic carbocycles. The van der Waals surface area contributed by atoms with Crippen LogP contribution in [0.4, 0.5) is 0 Å². The molecule has 3 rings (SSSR count). The summed E-state index contributed by atoms with van der Waals surface area (Å²) in [5, 5.41) is 39.5. The van der Waals surface area contributed by atoms with E-state index in [2.05, 4.69) is 0 Å². The van der Waals surface area contributed by atoms with Crippen LogP contribution in [-0.4, -0.2) is 51.4 Å². The standard InChI is InChI=1S/C18H21ClO5S/c1-9-2-3-10(6-11(9)7-12-4-5-14(19)25-12)18-17(23)16(22)15(21)13(8-20)24-18/h2-6,13,15-18,20-23H,7-8H2,1H3/t13?,15?,16?,17-,18?/m1/s1. The number of rotatable bonds is 4. The molecule has 136 valence electrons. The molecule has 1 aromatic carbocycles. The van der Waals surface area contributed by atoms with Gasteiger partial charge in [-0.15, -0.1) is 11.3 Å². The Labute approximate surface area is 155 Å². The first kappa shape index (κ1) is 18.8. The molecule has 4 unspecified atom stereocenters. The molecule has 1 fully saturated rings. The van der Waals surface area contributed by atoms with Crippen LogP contribution < -0.4 is 0 Å². The van der Waals surface area contributed by atoms with Crippen molar-refractivity contribution in [2.75, 3.05) is 6.61 Å². The highest BCUT2D eigenvalue weighted by Gasteiger charge is 2.43. The average molecular weight is 385 g/mol. The maximum Gasteiger partial charge on any atom is 0.113 e. The van der Waals surface area contributed by atoms with E-state index in [1.165, 1.54) is 11.3 Å². The lowest BCUT2D eigenvalue weighted by atomic mass is 9.89. The van der Waals surface area contributed by atoms with Crippen LogP contribution in [0.2, 0.25) is 4.34 Å². The van der Waals surface area contributed by atoms with E-state index >= 15 is 0 Å². The van der Waals surface area contributed by atoms with Crippen LogP contribution in [0.5, 0.6) is 0 Å². The van der Waals surface area contributed by atoms with E-state index in [0.29, 0.717) is 12.0 Å². The van der Waals surface area contributed by atoms with Gasteiger partial charge in [0.15, 0.2) is 0 Å². The molecular weight excluding hydrogens is 364 g/mol. The van der Waals surface area contributed by atoms with Gasteiger partial charge in [0.1, 0.15) is 30.5 Å². The van der Waals surface area contributed by atoms with Gasteiger partial charge < -0.3 is 25.2 Å². The Morgan fingerprint density at radius 3 is 2.48 bits per heavy atom. The maximum absolute atomic E-state index is 10.3. The summed E-state index contributed by atoms with van der Waals surface area (Å²) in [5.74, 6) is 0. The lowest BCUT2D eigenvalue weighted by Crippen LogP contribution is -2.55. The largest absolute Gasteiger partial charge is 0.394 e. The number of aryl methyl sites for hydroxylation is 1. The Hall–Kier alpha value is -0.990. The fraction of sp³-hybridized carbons (Fsp3) is 0.444. The molecular formula is C18H21ClO5S. The first-order chi connectivity index (χ1) is 11.9. The number of benzene rings is 1. The minimum Gasteiger partial charge on any atom is -0.394 e. The topological polar surface area (TPSA) is 90.2 Å². The minimum absolute atomic E-state index is 0.437. The smallest absolute Gasteiger partial charge is 0.113 e. The molecule has 4 N–H and O–H groups in total. The van der Waals surface area contributed by atoms with Crippen molar-refractivity contribution in [3.05, 3.63) is 56.2 Å². The Morgan fingerprint density at radius 2 is 1.84 bits per heavy atom. The number of ether oxygens (including phenoxy) is 1. The molecule has 1 aliphatic rings. The van der Waals surface area contributed by atoms with Gasteiger partial charge in [0.25, 0.3) is 0 Å². The van der Waals surface area contributed by atoms with Crippen LogP contribution in [0.1, 0.15) is 27.7 Å². The van der Waals surface area contributed by atoms with Crippen molar-refractivity contribution in [3.8, 4) is 0 Å². The van der Waals surface area contributed by atoms with Gasteiger partial charge in [0.05, 0.1) is 10.9 Å². The summed E-state index contributed by atoms with van der Waals surface area (Å²) in [4.78, 5) is 1.12. The van der Waals surface area contributed by atoms with Gasteiger partial charge in [0, 0.05) is 11.3 Å². The van der Waals surface area contributed by atoms with E-state index < -0.39 is 37.1 Å². The average Bonchev–Trinajstić information content (AvgIpc) is 3.00. The molecule has 1 aromatic heterocycles. The molecule has 5 nitrogen and oxygen atoms in total. The summed E-state index contributed by atoms with van der Waals surface area (Å²) in [6, 6.07) is 9.52. The Bertz CT molecular complexity index is 732. The number of thiophene rings is 1. The van der Waals surface area contributed by atoms with E-state index in [1.807, 2.05) is 37.3 Å². The van der Waals surface area contributed by atoms with Crippen molar-refractivity contribution >= 4 is 22.9 Å². The van der Waals surface area contributed by atoms with Crippen molar-refractivity contribution in [2.45, 2.75) is 43.9 Å². The summed E-state index contributed by atoms with van der Waals surface area (Å²) >= 11 is 7.51. The summed E-state index contributed by atoms with van der Waals surface area (Å²) < 4.78 is 6.37. The zero-order valence-corrected chi connectivity index (χ0v) is 15.2. The van der Waals surface area contributed by atoms with Gasteiger partial charge in [-0.3, -0.25) is 0 Å². The van der Waals surface area contributed by atoms with Gasteiger partial charge in [-0.25, -0.2) is 0 Å². The molecule has 0 radical (unpaired) electrons. The molecule has 25 heavy (non-hydrogen) atoms. The van der Waals surface area contributed by atoms with Crippen molar-refractivity contribution in [3.63, 3.8) is 0 Å². The van der Waals surface area contributed by atoms with Crippen molar-refractivity contribution in [1.82, 2.24) is 0 Å². The van der Waals surface area contributed by atoms with Crippen LogP contribution in [0.25, 0.3) is 0 Å². The van der Waals surface area contributed by atoms with Crippen LogP contribution in [-0.2, 0) is 11.2 Å². The zero-order valence-electron chi connectivity index (χ0n) is 13.7.